The van der Waals surface area contributed by atoms with Crippen molar-refractivity contribution in [3.63, 3.8) is 0 Å². The van der Waals surface area contributed by atoms with E-state index in [0.717, 1.165) is 18.0 Å². The van der Waals surface area contributed by atoms with Crippen LogP contribution in [0, 0.1) is 11.6 Å². The number of morpholine rings is 1. The summed E-state index contributed by atoms with van der Waals surface area (Å²) in [6, 6.07) is 7.11. The summed E-state index contributed by atoms with van der Waals surface area (Å²) in [4.78, 5) is 24.2. The summed E-state index contributed by atoms with van der Waals surface area (Å²) in [7, 11) is 3.33. The summed E-state index contributed by atoms with van der Waals surface area (Å²) in [6.07, 6.45) is 1.69. The molecule has 0 spiro atoms. The van der Waals surface area contributed by atoms with Crippen molar-refractivity contribution in [1.29, 1.82) is 0 Å². The first-order valence-corrected chi connectivity index (χ1v) is 10.5. The normalized spacial score (nSPS) is 14.0. The molecule has 1 aliphatic heterocycles. The van der Waals surface area contributed by atoms with E-state index in [1.54, 1.807) is 36.7 Å². The number of hydrogen-bond acceptors (Lipinski definition) is 7. The number of ether oxygens (including phenoxy) is 1. The number of halogens is 2. The van der Waals surface area contributed by atoms with Crippen LogP contribution in [0.3, 0.4) is 0 Å². The van der Waals surface area contributed by atoms with Crippen LogP contribution in [0.1, 0.15) is 10.4 Å². The number of anilines is 2. The number of amides is 1. The lowest BCUT2D eigenvalue weighted by atomic mass is 10.1. The van der Waals surface area contributed by atoms with Gasteiger partial charge in [0.05, 0.1) is 30.6 Å². The van der Waals surface area contributed by atoms with Crippen molar-refractivity contribution in [2.75, 3.05) is 49.6 Å². The standard InChI is InChI=1S/C21H21F2N5O2S/c1-24-21(29)13-9-17-20(26-19(12-25-17)28-5-7-30-8-6-28)18(10-13)27(2)31-14-3-4-15(22)16(23)11-14/h3-4,9-12H,5-8H2,1-2H3,(H,24,29). The first-order valence-electron chi connectivity index (χ1n) is 9.68. The SMILES string of the molecule is CNC(=O)c1cc(N(C)Sc2ccc(F)c(F)c2)c2nc(N3CCOCC3)cnc2c1. The highest BCUT2D eigenvalue weighted by atomic mass is 32.2. The zero-order valence-corrected chi connectivity index (χ0v) is 17.9. The third-order valence-corrected chi connectivity index (χ3v) is 5.85. The van der Waals surface area contributed by atoms with Crippen LogP contribution in [0.2, 0.25) is 0 Å². The Kier molecular flexibility index (Phi) is 6.19. The fourth-order valence-corrected chi connectivity index (χ4v) is 4.13. The van der Waals surface area contributed by atoms with Gasteiger partial charge in [0, 0.05) is 37.6 Å². The zero-order chi connectivity index (χ0) is 22.0. The molecular formula is C21H21F2N5O2S. The lowest BCUT2D eigenvalue weighted by Crippen LogP contribution is -2.36. The van der Waals surface area contributed by atoms with Crippen LogP contribution in [-0.2, 0) is 4.74 Å². The number of nitrogens with one attached hydrogen (secondary N) is 1. The number of carbonyl (C=O) groups excluding carboxylic acids is 1. The maximum atomic E-state index is 13.7. The molecule has 1 fully saturated rings. The van der Waals surface area contributed by atoms with E-state index in [9.17, 15) is 13.6 Å². The molecule has 7 nitrogen and oxygen atoms in total. The van der Waals surface area contributed by atoms with Gasteiger partial charge < -0.3 is 19.3 Å². The lowest BCUT2D eigenvalue weighted by molar-refractivity contribution is 0.0963. The number of hydrogen-bond donors (Lipinski definition) is 1. The molecule has 2 aromatic carbocycles. The summed E-state index contributed by atoms with van der Waals surface area (Å²) in [5.74, 6) is -1.36. The topological polar surface area (TPSA) is 70.6 Å². The molecule has 1 saturated heterocycles. The van der Waals surface area contributed by atoms with E-state index in [1.165, 1.54) is 18.0 Å². The predicted molar refractivity (Wildman–Crippen MR) is 117 cm³/mol. The molecule has 0 aliphatic carbocycles. The highest BCUT2D eigenvalue weighted by Gasteiger charge is 2.19. The molecule has 3 aromatic rings. The quantitative estimate of drug-likeness (QED) is 0.605. The molecule has 2 heterocycles. The second kappa shape index (κ2) is 9.03. The molecule has 10 heteroatoms. The van der Waals surface area contributed by atoms with Gasteiger partial charge in [0.15, 0.2) is 11.6 Å². The molecule has 1 N–H and O–H groups in total. The Balaban J connectivity index is 1.76. The summed E-state index contributed by atoms with van der Waals surface area (Å²) in [5.41, 5.74) is 2.23. The summed E-state index contributed by atoms with van der Waals surface area (Å²) in [5, 5.41) is 2.61. The molecule has 0 unspecified atom stereocenters. The summed E-state index contributed by atoms with van der Waals surface area (Å²) in [6.45, 7) is 2.67. The Labute approximate surface area is 182 Å². The van der Waals surface area contributed by atoms with Gasteiger partial charge in [-0.3, -0.25) is 9.78 Å². The molecule has 162 valence electrons. The molecule has 1 amide bonds. The highest BCUT2D eigenvalue weighted by Crippen LogP contribution is 2.34. The van der Waals surface area contributed by atoms with E-state index >= 15 is 0 Å². The maximum absolute atomic E-state index is 13.7. The molecule has 31 heavy (non-hydrogen) atoms. The number of nitrogens with zero attached hydrogens (tertiary/aromatic N) is 4. The number of rotatable bonds is 5. The molecule has 4 rings (SSSR count). The van der Waals surface area contributed by atoms with Crippen LogP contribution in [-0.4, -0.2) is 56.3 Å². The molecule has 1 aromatic heterocycles. The predicted octanol–water partition coefficient (Wildman–Crippen LogP) is 3.25. The van der Waals surface area contributed by atoms with Crippen LogP contribution >= 0.6 is 11.9 Å². The second-order valence-electron chi connectivity index (χ2n) is 6.93. The van der Waals surface area contributed by atoms with Crippen LogP contribution in [0.4, 0.5) is 20.3 Å². The monoisotopic (exact) mass is 445 g/mol. The molecular weight excluding hydrogens is 424 g/mol. The van der Waals surface area contributed by atoms with Gasteiger partial charge in [0.1, 0.15) is 11.3 Å². The van der Waals surface area contributed by atoms with Gasteiger partial charge in [0.25, 0.3) is 5.91 Å². The highest BCUT2D eigenvalue weighted by molar-refractivity contribution is 8.00. The average molecular weight is 445 g/mol. The first kappa shape index (κ1) is 21.3. The van der Waals surface area contributed by atoms with Crippen LogP contribution in [0.25, 0.3) is 11.0 Å². The zero-order valence-electron chi connectivity index (χ0n) is 17.1. The van der Waals surface area contributed by atoms with Gasteiger partial charge in [-0.25, -0.2) is 13.8 Å². The Morgan fingerprint density at radius 1 is 1.19 bits per heavy atom. The molecule has 0 saturated carbocycles. The van der Waals surface area contributed by atoms with E-state index in [0.29, 0.717) is 53.5 Å². The van der Waals surface area contributed by atoms with Crippen LogP contribution in [0.5, 0.6) is 0 Å². The van der Waals surface area contributed by atoms with E-state index in [-0.39, 0.29) is 5.91 Å². The Bertz CT molecular complexity index is 1120. The van der Waals surface area contributed by atoms with Gasteiger partial charge in [0.2, 0.25) is 0 Å². The van der Waals surface area contributed by atoms with Gasteiger partial charge in [-0.2, -0.15) is 0 Å². The largest absolute Gasteiger partial charge is 0.378 e. The fraction of sp³-hybridized carbons (Fsp3) is 0.286. The van der Waals surface area contributed by atoms with E-state index < -0.39 is 11.6 Å². The number of aromatic nitrogens is 2. The minimum atomic E-state index is -0.920. The Hall–Kier alpha value is -2.98. The first-order chi connectivity index (χ1) is 15.0. The summed E-state index contributed by atoms with van der Waals surface area (Å²) >= 11 is 1.20. The summed E-state index contributed by atoms with van der Waals surface area (Å²) < 4.78 is 34.1. The third kappa shape index (κ3) is 4.54. The maximum Gasteiger partial charge on any atom is 0.251 e. The Morgan fingerprint density at radius 2 is 1.97 bits per heavy atom. The number of fused-ring (bicyclic) bond motifs is 1. The van der Waals surface area contributed by atoms with Gasteiger partial charge in [-0.15, -0.1) is 0 Å². The van der Waals surface area contributed by atoms with E-state index in [4.69, 9.17) is 9.72 Å². The second-order valence-corrected chi connectivity index (χ2v) is 8.14. The average Bonchev–Trinajstić information content (AvgIpc) is 2.80. The van der Waals surface area contributed by atoms with Crippen molar-refractivity contribution >= 4 is 40.4 Å². The number of carbonyl (C=O) groups is 1. The van der Waals surface area contributed by atoms with Gasteiger partial charge in [-0.05, 0) is 42.3 Å². The molecule has 0 radical (unpaired) electrons. The molecule has 0 atom stereocenters. The Morgan fingerprint density at radius 3 is 2.68 bits per heavy atom. The smallest absolute Gasteiger partial charge is 0.251 e. The lowest BCUT2D eigenvalue weighted by Gasteiger charge is -2.28. The van der Waals surface area contributed by atoms with Crippen molar-refractivity contribution in [2.45, 2.75) is 4.90 Å². The van der Waals surface area contributed by atoms with Gasteiger partial charge >= 0.3 is 0 Å². The van der Waals surface area contributed by atoms with Crippen molar-refractivity contribution in [3.8, 4) is 0 Å². The van der Waals surface area contributed by atoms with E-state index in [2.05, 4.69) is 15.2 Å². The fourth-order valence-electron chi connectivity index (χ4n) is 3.29. The van der Waals surface area contributed by atoms with Gasteiger partial charge in [-0.1, -0.05) is 0 Å². The minimum Gasteiger partial charge on any atom is -0.378 e. The molecule has 1 aliphatic rings. The van der Waals surface area contributed by atoms with Crippen LogP contribution in [0.15, 0.2) is 41.4 Å². The minimum absolute atomic E-state index is 0.256. The van der Waals surface area contributed by atoms with E-state index in [1.807, 2.05) is 0 Å². The van der Waals surface area contributed by atoms with Crippen molar-refractivity contribution in [3.05, 3.63) is 53.7 Å². The number of benzene rings is 2. The third-order valence-electron chi connectivity index (χ3n) is 4.91. The van der Waals surface area contributed by atoms with Crippen molar-refractivity contribution in [1.82, 2.24) is 15.3 Å². The van der Waals surface area contributed by atoms with Crippen molar-refractivity contribution in [2.24, 2.45) is 0 Å². The van der Waals surface area contributed by atoms with Crippen molar-refractivity contribution < 1.29 is 18.3 Å². The molecule has 0 bridgehead atoms. The van der Waals surface area contributed by atoms with Crippen LogP contribution < -0.4 is 14.5 Å².